The zero-order chi connectivity index (χ0) is 13.7. The van der Waals surface area contributed by atoms with Crippen molar-refractivity contribution in [1.29, 1.82) is 0 Å². The molecule has 19 heavy (non-hydrogen) atoms. The lowest BCUT2D eigenvalue weighted by Crippen LogP contribution is -2.07. The second kappa shape index (κ2) is 6.15. The molecule has 0 saturated carbocycles. The molecule has 0 aliphatic carbocycles. The number of aromatic nitrogens is 1. The van der Waals surface area contributed by atoms with Gasteiger partial charge in [0.2, 0.25) is 5.91 Å². The molecule has 0 atom stereocenters. The van der Waals surface area contributed by atoms with Crippen molar-refractivity contribution in [3.8, 4) is 5.75 Å². The summed E-state index contributed by atoms with van der Waals surface area (Å²) >= 11 is 1.44. The minimum absolute atomic E-state index is 0.208. The van der Waals surface area contributed by atoms with Crippen LogP contribution in [0.4, 0.5) is 5.13 Å². The Morgan fingerprint density at radius 3 is 2.89 bits per heavy atom. The molecular weight excluding hydrogens is 260 g/mol. The maximum atomic E-state index is 11.7. The van der Waals surface area contributed by atoms with Gasteiger partial charge in [0.1, 0.15) is 5.75 Å². The minimum atomic E-state index is -0.208. The van der Waals surface area contributed by atoms with Gasteiger partial charge in [-0.25, -0.2) is 4.98 Å². The summed E-state index contributed by atoms with van der Waals surface area (Å²) in [6.07, 6.45) is 4.91. The first-order chi connectivity index (χ1) is 9.19. The third-order valence-electron chi connectivity index (χ3n) is 2.40. The zero-order valence-corrected chi connectivity index (χ0v) is 11.5. The number of rotatable bonds is 4. The van der Waals surface area contributed by atoms with Gasteiger partial charge in [0, 0.05) is 22.7 Å². The lowest BCUT2D eigenvalue weighted by molar-refractivity contribution is -0.111. The summed E-state index contributed by atoms with van der Waals surface area (Å²) < 4.78 is 5.21. The number of hydrogen-bond donors (Lipinski definition) is 1. The molecule has 0 spiro atoms. The number of para-hydroxylation sites is 1. The predicted octanol–water partition coefficient (Wildman–Crippen LogP) is 3.11. The van der Waals surface area contributed by atoms with Crippen LogP contribution < -0.4 is 10.1 Å². The van der Waals surface area contributed by atoms with Crippen molar-refractivity contribution in [3.63, 3.8) is 0 Å². The van der Waals surface area contributed by atoms with Gasteiger partial charge in [0.15, 0.2) is 5.13 Å². The van der Waals surface area contributed by atoms with Crippen LogP contribution >= 0.6 is 11.3 Å². The van der Waals surface area contributed by atoms with E-state index in [1.54, 1.807) is 19.4 Å². The summed E-state index contributed by atoms with van der Waals surface area (Å²) in [6, 6.07) is 7.51. The highest BCUT2D eigenvalue weighted by molar-refractivity contribution is 7.15. The largest absolute Gasteiger partial charge is 0.496 e. The molecule has 0 saturated heterocycles. The molecule has 0 radical (unpaired) electrons. The first kappa shape index (κ1) is 13.3. The van der Waals surface area contributed by atoms with Gasteiger partial charge in [-0.15, -0.1) is 11.3 Å². The monoisotopic (exact) mass is 274 g/mol. The highest BCUT2D eigenvalue weighted by Gasteiger charge is 2.02. The van der Waals surface area contributed by atoms with Gasteiger partial charge in [-0.05, 0) is 19.1 Å². The second-order valence-corrected chi connectivity index (χ2v) is 5.08. The predicted molar refractivity (Wildman–Crippen MR) is 77.5 cm³/mol. The number of ether oxygens (including phenoxy) is 1. The van der Waals surface area contributed by atoms with Crippen LogP contribution in [-0.2, 0) is 4.79 Å². The van der Waals surface area contributed by atoms with Crippen molar-refractivity contribution in [1.82, 2.24) is 4.98 Å². The van der Waals surface area contributed by atoms with Gasteiger partial charge >= 0.3 is 0 Å². The average molecular weight is 274 g/mol. The molecule has 1 aromatic heterocycles. The molecule has 1 heterocycles. The summed E-state index contributed by atoms with van der Waals surface area (Å²) in [7, 11) is 1.60. The van der Waals surface area contributed by atoms with Crippen LogP contribution in [-0.4, -0.2) is 18.0 Å². The van der Waals surface area contributed by atoms with E-state index < -0.39 is 0 Å². The van der Waals surface area contributed by atoms with Crippen LogP contribution in [0.1, 0.15) is 10.4 Å². The number of hydrogen-bond acceptors (Lipinski definition) is 4. The summed E-state index contributed by atoms with van der Waals surface area (Å²) in [4.78, 5) is 16.9. The third kappa shape index (κ3) is 3.66. The fraction of sp³-hybridized carbons (Fsp3) is 0.143. The van der Waals surface area contributed by atoms with Crippen LogP contribution in [0.3, 0.4) is 0 Å². The second-order valence-electron chi connectivity index (χ2n) is 3.84. The van der Waals surface area contributed by atoms with Crippen molar-refractivity contribution in [2.75, 3.05) is 12.4 Å². The van der Waals surface area contributed by atoms with Gasteiger partial charge in [-0.1, -0.05) is 18.2 Å². The normalized spacial score (nSPS) is 10.6. The van der Waals surface area contributed by atoms with E-state index in [9.17, 15) is 4.79 Å². The van der Waals surface area contributed by atoms with Crippen LogP contribution in [0.5, 0.6) is 5.75 Å². The van der Waals surface area contributed by atoms with Crippen LogP contribution in [0, 0.1) is 6.92 Å². The summed E-state index contributed by atoms with van der Waals surface area (Å²) in [5.74, 6) is 0.525. The number of benzene rings is 1. The SMILES string of the molecule is COc1ccccc1C=CC(=O)Nc1ncc(C)s1. The molecule has 0 fully saturated rings. The summed E-state index contributed by atoms with van der Waals surface area (Å²) in [6.45, 7) is 1.94. The number of anilines is 1. The van der Waals surface area contributed by atoms with Crippen molar-refractivity contribution in [3.05, 3.63) is 47.0 Å². The molecule has 2 aromatic rings. The van der Waals surface area contributed by atoms with E-state index in [1.807, 2.05) is 31.2 Å². The highest BCUT2D eigenvalue weighted by Crippen LogP contribution is 2.19. The van der Waals surface area contributed by atoms with Crippen molar-refractivity contribution < 1.29 is 9.53 Å². The van der Waals surface area contributed by atoms with Crippen molar-refractivity contribution >= 4 is 28.5 Å². The Morgan fingerprint density at radius 1 is 1.42 bits per heavy atom. The fourth-order valence-corrected chi connectivity index (χ4v) is 2.20. The van der Waals surface area contributed by atoms with E-state index in [4.69, 9.17) is 4.74 Å². The number of aryl methyl sites for hydroxylation is 1. The molecule has 1 aromatic carbocycles. The number of nitrogens with one attached hydrogen (secondary N) is 1. The molecule has 4 nitrogen and oxygen atoms in total. The topological polar surface area (TPSA) is 51.2 Å². The standard InChI is InChI=1S/C14H14N2O2S/c1-10-9-15-14(19-10)16-13(17)8-7-11-5-3-4-6-12(11)18-2/h3-9H,1-2H3,(H,15,16,17). The highest BCUT2D eigenvalue weighted by atomic mass is 32.1. The molecule has 2 rings (SSSR count). The third-order valence-corrected chi connectivity index (χ3v) is 3.23. The molecular formula is C14H14N2O2S. The molecule has 0 aliphatic heterocycles. The quantitative estimate of drug-likeness (QED) is 0.871. The number of methoxy groups -OCH3 is 1. The zero-order valence-electron chi connectivity index (χ0n) is 10.7. The molecule has 1 N–H and O–H groups in total. The molecule has 5 heteroatoms. The van der Waals surface area contributed by atoms with Gasteiger partial charge in [-0.3, -0.25) is 10.1 Å². The Labute approximate surface area is 115 Å². The Hall–Kier alpha value is -2.14. The smallest absolute Gasteiger partial charge is 0.250 e. The number of amides is 1. The van der Waals surface area contributed by atoms with E-state index in [0.717, 1.165) is 16.2 Å². The Bertz CT molecular complexity index is 605. The molecule has 98 valence electrons. The maximum Gasteiger partial charge on any atom is 0.250 e. The Morgan fingerprint density at radius 2 is 2.21 bits per heavy atom. The van der Waals surface area contributed by atoms with E-state index in [2.05, 4.69) is 10.3 Å². The first-order valence-electron chi connectivity index (χ1n) is 5.73. The Kier molecular flexibility index (Phi) is 4.30. The van der Waals surface area contributed by atoms with E-state index in [-0.39, 0.29) is 5.91 Å². The number of nitrogens with zero attached hydrogens (tertiary/aromatic N) is 1. The molecule has 0 bridgehead atoms. The minimum Gasteiger partial charge on any atom is -0.496 e. The van der Waals surface area contributed by atoms with Gasteiger partial charge in [0.05, 0.1) is 7.11 Å². The van der Waals surface area contributed by atoms with E-state index in [0.29, 0.717) is 5.13 Å². The number of thiazole rings is 1. The van der Waals surface area contributed by atoms with Crippen molar-refractivity contribution in [2.45, 2.75) is 6.92 Å². The van der Waals surface area contributed by atoms with Crippen LogP contribution in [0.25, 0.3) is 6.08 Å². The average Bonchev–Trinajstić information content (AvgIpc) is 2.82. The van der Waals surface area contributed by atoms with E-state index >= 15 is 0 Å². The summed E-state index contributed by atoms with van der Waals surface area (Å²) in [5.41, 5.74) is 0.857. The van der Waals surface area contributed by atoms with Gasteiger partial charge in [-0.2, -0.15) is 0 Å². The van der Waals surface area contributed by atoms with E-state index in [1.165, 1.54) is 17.4 Å². The molecule has 1 amide bonds. The van der Waals surface area contributed by atoms with Crippen LogP contribution in [0.15, 0.2) is 36.5 Å². The maximum absolute atomic E-state index is 11.7. The lowest BCUT2D eigenvalue weighted by atomic mass is 10.2. The van der Waals surface area contributed by atoms with Crippen LogP contribution in [0.2, 0.25) is 0 Å². The number of carbonyl (C=O) groups excluding carboxylic acids is 1. The first-order valence-corrected chi connectivity index (χ1v) is 6.55. The lowest BCUT2D eigenvalue weighted by Gasteiger charge is -2.03. The van der Waals surface area contributed by atoms with Gasteiger partial charge < -0.3 is 4.74 Å². The summed E-state index contributed by atoms with van der Waals surface area (Å²) in [5, 5.41) is 3.32. The fourth-order valence-electron chi connectivity index (χ4n) is 1.53. The van der Waals surface area contributed by atoms with Crippen molar-refractivity contribution in [2.24, 2.45) is 0 Å². The Balaban J connectivity index is 2.04. The number of carbonyl (C=O) groups is 1. The molecule has 0 unspecified atom stereocenters. The molecule has 0 aliphatic rings. The van der Waals surface area contributed by atoms with Gasteiger partial charge in [0.25, 0.3) is 0 Å².